The monoisotopic (exact) mass is 612 g/mol. The summed E-state index contributed by atoms with van der Waals surface area (Å²) in [5, 5.41) is 1.35. The molecule has 3 aromatic heterocycles. The molecule has 0 saturated carbocycles. The van der Waals surface area contributed by atoms with Gasteiger partial charge in [-0.05, 0) is 48.4 Å². The molecule has 224 valence electrons. The summed E-state index contributed by atoms with van der Waals surface area (Å²) < 4.78 is 81.6. The van der Waals surface area contributed by atoms with Crippen LogP contribution in [0.3, 0.4) is 0 Å². The van der Waals surface area contributed by atoms with Gasteiger partial charge in [0.25, 0.3) is 0 Å². The number of sulfonamides is 1. The highest BCUT2D eigenvalue weighted by atomic mass is 32.2. The summed E-state index contributed by atoms with van der Waals surface area (Å²) in [6, 6.07) is 8.76. The minimum atomic E-state index is -4.06. The van der Waals surface area contributed by atoms with Crippen LogP contribution in [0.5, 0.6) is 5.75 Å². The van der Waals surface area contributed by atoms with Crippen LogP contribution in [0, 0.1) is 11.6 Å². The van der Waals surface area contributed by atoms with E-state index in [0.29, 0.717) is 54.4 Å². The maximum Gasteiger partial charge on any atom is 0.232 e. The van der Waals surface area contributed by atoms with Crippen LogP contribution in [0.15, 0.2) is 48.8 Å². The number of morpholine rings is 1. The summed E-state index contributed by atoms with van der Waals surface area (Å²) in [6.45, 7) is 1.12. The van der Waals surface area contributed by atoms with Gasteiger partial charge in [-0.2, -0.15) is 0 Å². The fourth-order valence-electron chi connectivity index (χ4n) is 5.05. The maximum absolute atomic E-state index is 15.8. The Bertz CT molecular complexity index is 1930. The zero-order chi connectivity index (χ0) is 30.1. The lowest BCUT2D eigenvalue weighted by Gasteiger charge is -2.29. The summed E-state index contributed by atoms with van der Waals surface area (Å²) >= 11 is 0. The molecule has 1 saturated heterocycles. The van der Waals surface area contributed by atoms with Crippen molar-refractivity contribution in [2.75, 3.05) is 55.5 Å². The van der Waals surface area contributed by atoms with Crippen LogP contribution in [0.25, 0.3) is 44.5 Å². The summed E-state index contributed by atoms with van der Waals surface area (Å²) in [5.74, 6) is -1.45. The molecule has 0 spiro atoms. The fourth-order valence-corrected chi connectivity index (χ4v) is 6.14. The zero-order valence-electron chi connectivity index (χ0n) is 23.0. The molecule has 0 amide bonds. The molecule has 0 radical (unpaired) electrons. The third kappa shape index (κ3) is 5.67. The van der Waals surface area contributed by atoms with Gasteiger partial charge in [0.15, 0.2) is 11.6 Å². The van der Waals surface area contributed by atoms with Crippen molar-refractivity contribution in [2.45, 2.75) is 6.42 Å². The number of hydrogen-bond acceptors (Lipinski definition) is 8. The highest BCUT2D eigenvalue weighted by molar-refractivity contribution is 7.92. The van der Waals surface area contributed by atoms with Gasteiger partial charge in [0, 0.05) is 41.8 Å². The minimum Gasteiger partial charge on any atom is -0.494 e. The number of halogens is 3. The van der Waals surface area contributed by atoms with E-state index in [2.05, 4.69) is 14.7 Å². The lowest BCUT2D eigenvalue weighted by Crippen LogP contribution is -2.37. The van der Waals surface area contributed by atoms with Gasteiger partial charge in [-0.3, -0.25) is 9.11 Å². The first-order chi connectivity index (χ1) is 20.8. The Morgan fingerprint density at radius 1 is 1.09 bits per heavy atom. The highest BCUT2D eigenvalue weighted by Gasteiger charge is 2.25. The Morgan fingerprint density at radius 3 is 2.67 bits per heavy atom. The molecule has 10 nitrogen and oxygen atoms in total. The molecule has 1 aliphatic heterocycles. The number of rotatable bonds is 9. The molecule has 0 unspecified atom stereocenters. The quantitative estimate of drug-likeness (QED) is 0.237. The molecule has 43 heavy (non-hydrogen) atoms. The van der Waals surface area contributed by atoms with Gasteiger partial charge in [0.05, 0.1) is 44.0 Å². The fraction of sp³-hybridized carbons (Fsp3) is 0.276. The molecular weight excluding hydrogens is 585 g/mol. The van der Waals surface area contributed by atoms with Crippen molar-refractivity contribution in [1.82, 2.24) is 19.9 Å². The minimum absolute atomic E-state index is 0.0884. The number of nitrogens with zero attached hydrogens (tertiary/aromatic N) is 4. The van der Waals surface area contributed by atoms with E-state index in [1.807, 2.05) is 17.0 Å². The standard InChI is InChI=1S/C29H27F3N6O4S/c1-41-23-15-18(24-21(31)3-4-22(25(24)32)37-43(39,40)12-2-6-30)14-20-26(23)35-28(36-29(20)38-8-10-42-11-9-38)19-13-17-5-7-33-27(17)34-16-19/h3-5,7,13-16,37H,2,6,8-12H2,1H3,(H,33,34). The van der Waals surface area contributed by atoms with E-state index in [9.17, 15) is 12.8 Å². The predicted molar refractivity (Wildman–Crippen MR) is 158 cm³/mol. The van der Waals surface area contributed by atoms with Gasteiger partial charge in [-0.25, -0.2) is 32.2 Å². The van der Waals surface area contributed by atoms with E-state index >= 15 is 8.78 Å². The summed E-state index contributed by atoms with van der Waals surface area (Å²) in [7, 11) is -2.64. The third-order valence-electron chi connectivity index (χ3n) is 7.13. The molecule has 1 aliphatic rings. The van der Waals surface area contributed by atoms with Crippen LogP contribution >= 0.6 is 0 Å². The summed E-state index contributed by atoms with van der Waals surface area (Å²) in [6.07, 6.45) is 3.19. The molecule has 4 heterocycles. The van der Waals surface area contributed by atoms with E-state index in [1.165, 1.54) is 13.2 Å². The average Bonchev–Trinajstić information content (AvgIpc) is 3.49. The second-order valence-electron chi connectivity index (χ2n) is 9.93. The molecular formula is C29H27F3N6O4S. The van der Waals surface area contributed by atoms with Crippen LogP contribution in [0.1, 0.15) is 6.42 Å². The van der Waals surface area contributed by atoms with Crippen molar-refractivity contribution >= 4 is 43.5 Å². The molecule has 0 bridgehead atoms. The maximum atomic E-state index is 15.8. The Kier molecular flexibility index (Phi) is 7.79. The van der Waals surface area contributed by atoms with Crippen molar-refractivity contribution in [2.24, 2.45) is 0 Å². The number of alkyl halides is 1. The zero-order valence-corrected chi connectivity index (χ0v) is 23.8. The van der Waals surface area contributed by atoms with Crippen molar-refractivity contribution in [1.29, 1.82) is 0 Å². The number of hydrogen-bond donors (Lipinski definition) is 2. The lowest BCUT2D eigenvalue weighted by molar-refractivity contribution is 0.122. The smallest absolute Gasteiger partial charge is 0.232 e. The van der Waals surface area contributed by atoms with Crippen molar-refractivity contribution in [3.63, 3.8) is 0 Å². The Labute approximate surface area is 244 Å². The van der Waals surface area contributed by atoms with E-state index in [-0.39, 0.29) is 17.7 Å². The van der Waals surface area contributed by atoms with Crippen LogP contribution in [0.2, 0.25) is 0 Å². The highest BCUT2D eigenvalue weighted by Crippen LogP contribution is 2.40. The second-order valence-corrected chi connectivity index (χ2v) is 11.8. The van der Waals surface area contributed by atoms with E-state index in [4.69, 9.17) is 19.4 Å². The summed E-state index contributed by atoms with van der Waals surface area (Å²) in [4.78, 5) is 19.2. The van der Waals surface area contributed by atoms with Crippen molar-refractivity contribution in [3.8, 4) is 28.3 Å². The second kappa shape index (κ2) is 11.7. The summed E-state index contributed by atoms with van der Waals surface area (Å²) in [5.41, 5.74) is 0.962. The molecule has 2 aromatic carbocycles. The van der Waals surface area contributed by atoms with E-state index in [1.54, 1.807) is 18.5 Å². The van der Waals surface area contributed by atoms with Gasteiger partial charge >= 0.3 is 0 Å². The first-order valence-corrected chi connectivity index (χ1v) is 15.1. The Morgan fingerprint density at radius 2 is 1.91 bits per heavy atom. The normalized spacial score (nSPS) is 14.0. The van der Waals surface area contributed by atoms with Crippen LogP contribution in [-0.2, 0) is 14.8 Å². The van der Waals surface area contributed by atoms with Crippen LogP contribution in [-0.4, -0.2) is 74.2 Å². The molecule has 1 fully saturated rings. The molecule has 0 atom stereocenters. The number of anilines is 2. The number of nitrogens with one attached hydrogen (secondary N) is 2. The SMILES string of the molecule is COc1cc(-c2c(F)ccc(NS(=O)(=O)CCCF)c2F)cc2c(N3CCOCC3)nc(-c3cnc4[nH]ccc4c3)nc12. The van der Waals surface area contributed by atoms with Crippen LogP contribution < -0.4 is 14.4 Å². The number of fused-ring (bicyclic) bond motifs is 2. The number of pyridine rings is 1. The number of H-pyrrole nitrogens is 1. The number of aromatic nitrogens is 4. The molecule has 0 aliphatic carbocycles. The first-order valence-electron chi connectivity index (χ1n) is 13.5. The topological polar surface area (TPSA) is 122 Å². The Balaban J connectivity index is 1.53. The van der Waals surface area contributed by atoms with Gasteiger partial charge in [-0.1, -0.05) is 0 Å². The molecule has 14 heteroatoms. The van der Waals surface area contributed by atoms with Gasteiger partial charge < -0.3 is 19.4 Å². The number of methoxy groups -OCH3 is 1. The van der Waals surface area contributed by atoms with Gasteiger partial charge in [0.1, 0.15) is 28.5 Å². The first kappa shape index (κ1) is 28.7. The van der Waals surface area contributed by atoms with Gasteiger partial charge in [0.2, 0.25) is 10.0 Å². The number of ether oxygens (including phenoxy) is 2. The Hall–Kier alpha value is -4.43. The van der Waals surface area contributed by atoms with Gasteiger partial charge in [-0.15, -0.1) is 0 Å². The van der Waals surface area contributed by atoms with Crippen LogP contribution in [0.4, 0.5) is 24.7 Å². The largest absolute Gasteiger partial charge is 0.494 e. The number of benzene rings is 2. The average molecular weight is 613 g/mol. The predicted octanol–water partition coefficient (Wildman–Crippen LogP) is 5.06. The molecule has 6 rings (SSSR count). The van der Waals surface area contributed by atoms with E-state index in [0.717, 1.165) is 23.2 Å². The number of aromatic amines is 1. The van der Waals surface area contributed by atoms with Crippen molar-refractivity contribution in [3.05, 3.63) is 60.4 Å². The molecule has 2 N–H and O–H groups in total. The van der Waals surface area contributed by atoms with Crippen molar-refractivity contribution < 1.29 is 31.1 Å². The van der Waals surface area contributed by atoms with E-state index < -0.39 is 45.3 Å². The lowest BCUT2D eigenvalue weighted by atomic mass is 10.0. The third-order valence-corrected chi connectivity index (χ3v) is 8.48. The molecule has 5 aromatic rings.